The van der Waals surface area contributed by atoms with Crippen molar-refractivity contribution in [2.24, 2.45) is 5.73 Å². The first-order valence-corrected chi connectivity index (χ1v) is 5.74. The highest BCUT2D eigenvalue weighted by molar-refractivity contribution is 5.49. The van der Waals surface area contributed by atoms with E-state index >= 15 is 0 Å². The lowest BCUT2D eigenvalue weighted by Crippen LogP contribution is -2.00. The number of rotatable bonds is 2. The fourth-order valence-electron chi connectivity index (χ4n) is 2.18. The van der Waals surface area contributed by atoms with E-state index in [9.17, 15) is 0 Å². The lowest BCUT2D eigenvalue weighted by Gasteiger charge is -2.07. The Morgan fingerprint density at radius 1 is 1.31 bits per heavy atom. The van der Waals surface area contributed by atoms with Crippen LogP contribution in [-0.2, 0) is 19.4 Å². The molecule has 3 N–H and O–H groups in total. The average molecular weight is 217 g/mol. The molecule has 0 saturated heterocycles. The first-order chi connectivity index (χ1) is 7.86. The topological polar surface area (TPSA) is 67.8 Å². The van der Waals surface area contributed by atoms with Crippen LogP contribution in [0.2, 0.25) is 0 Å². The number of aromatic amines is 1. The molecule has 16 heavy (non-hydrogen) atoms. The second-order valence-electron chi connectivity index (χ2n) is 4.19. The number of furan rings is 1. The number of hydrogen-bond donors (Lipinski definition) is 2. The third-order valence-electron chi connectivity index (χ3n) is 3.05. The van der Waals surface area contributed by atoms with Gasteiger partial charge in [0.2, 0.25) is 0 Å². The summed E-state index contributed by atoms with van der Waals surface area (Å²) in [5.41, 5.74) is 7.99. The Labute approximate surface area is 93.9 Å². The molecule has 3 rings (SSSR count). The van der Waals surface area contributed by atoms with Gasteiger partial charge in [0.1, 0.15) is 5.76 Å². The lowest BCUT2D eigenvalue weighted by atomic mass is 10.0. The van der Waals surface area contributed by atoms with Gasteiger partial charge >= 0.3 is 0 Å². The molecule has 2 heterocycles. The van der Waals surface area contributed by atoms with Crippen LogP contribution in [0.25, 0.3) is 11.6 Å². The highest BCUT2D eigenvalue weighted by Crippen LogP contribution is 2.25. The molecule has 4 heteroatoms. The van der Waals surface area contributed by atoms with Crippen molar-refractivity contribution in [3.05, 3.63) is 29.3 Å². The van der Waals surface area contributed by atoms with Crippen molar-refractivity contribution in [2.45, 2.75) is 32.2 Å². The smallest absolute Gasteiger partial charge is 0.173 e. The van der Waals surface area contributed by atoms with E-state index in [4.69, 9.17) is 10.2 Å². The van der Waals surface area contributed by atoms with Crippen molar-refractivity contribution in [3.8, 4) is 11.6 Å². The summed E-state index contributed by atoms with van der Waals surface area (Å²) >= 11 is 0. The van der Waals surface area contributed by atoms with Gasteiger partial charge in [0.25, 0.3) is 0 Å². The summed E-state index contributed by atoms with van der Waals surface area (Å²) in [6, 6.07) is 3.82. The Morgan fingerprint density at radius 2 is 2.19 bits per heavy atom. The quantitative estimate of drug-likeness (QED) is 0.808. The predicted octanol–water partition coefficient (Wildman–Crippen LogP) is 2.01. The standard InChI is InChI=1S/C12H15N3O/c13-7-8-5-6-11(16-8)12-14-9-3-1-2-4-10(9)15-12/h5-6H,1-4,7,13H2,(H,14,15). The molecule has 0 radical (unpaired) electrons. The van der Waals surface area contributed by atoms with Crippen molar-refractivity contribution in [3.63, 3.8) is 0 Å². The fraction of sp³-hybridized carbons (Fsp3) is 0.417. The molecule has 0 bridgehead atoms. The second kappa shape index (κ2) is 3.79. The SMILES string of the molecule is NCc1ccc(-c2nc3c([nH]2)CCCC3)o1. The maximum Gasteiger partial charge on any atom is 0.173 e. The maximum absolute atomic E-state index is 5.58. The summed E-state index contributed by atoms with van der Waals surface area (Å²) in [6.07, 6.45) is 4.67. The molecule has 0 unspecified atom stereocenters. The van der Waals surface area contributed by atoms with E-state index in [-0.39, 0.29) is 0 Å². The van der Waals surface area contributed by atoms with E-state index in [1.54, 1.807) is 0 Å². The minimum atomic E-state index is 0.431. The Bertz CT molecular complexity index is 475. The molecule has 0 amide bonds. The molecule has 2 aromatic rings. The van der Waals surface area contributed by atoms with Crippen molar-refractivity contribution in [1.82, 2.24) is 9.97 Å². The molecule has 0 spiro atoms. The molecule has 84 valence electrons. The predicted molar refractivity (Wildman–Crippen MR) is 60.8 cm³/mol. The summed E-state index contributed by atoms with van der Waals surface area (Å²) in [5, 5.41) is 0. The molecule has 2 aromatic heterocycles. The maximum atomic E-state index is 5.58. The molecule has 1 aliphatic rings. The van der Waals surface area contributed by atoms with Gasteiger partial charge in [-0.15, -0.1) is 0 Å². The van der Waals surface area contributed by atoms with E-state index in [1.165, 1.54) is 24.2 Å². The van der Waals surface area contributed by atoms with Crippen LogP contribution in [0.3, 0.4) is 0 Å². The van der Waals surface area contributed by atoms with Crippen molar-refractivity contribution < 1.29 is 4.42 Å². The summed E-state index contributed by atoms with van der Waals surface area (Å²) in [5.74, 6) is 2.42. The van der Waals surface area contributed by atoms with Gasteiger partial charge in [0.15, 0.2) is 11.6 Å². The fourth-order valence-corrected chi connectivity index (χ4v) is 2.18. The Kier molecular flexibility index (Phi) is 2.29. The minimum absolute atomic E-state index is 0.431. The number of nitrogens with two attached hydrogens (primary N) is 1. The zero-order valence-corrected chi connectivity index (χ0v) is 9.12. The normalized spacial score (nSPS) is 15.1. The number of aromatic nitrogens is 2. The van der Waals surface area contributed by atoms with Gasteiger partial charge in [-0.05, 0) is 37.8 Å². The molecular weight excluding hydrogens is 202 g/mol. The minimum Gasteiger partial charge on any atom is -0.456 e. The summed E-state index contributed by atoms with van der Waals surface area (Å²) in [7, 11) is 0. The van der Waals surface area contributed by atoms with Crippen LogP contribution in [0.15, 0.2) is 16.5 Å². The van der Waals surface area contributed by atoms with Crippen LogP contribution in [0.4, 0.5) is 0 Å². The molecule has 4 nitrogen and oxygen atoms in total. The monoisotopic (exact) mass is 217 g/mol. The molecule has 0 fully saturated rings. The van der Waals surface area contributed by atoms with Gasteiger partial charge in [-0.3, -0.25) is 0 Å². The highest BCUT2D eigenvalue weighted by atomic mass is 16.3. The molecule has 0 saturated carbocycles. The number of nitrogens with zero attached hydrogens (tertiary/aromatic N) is 1. The number of H-pyrrole nitrogens is 1. The van der Waals surface area contributed by atoms with Crippen molar-refractivity contribution in [1.29, 1.82) is 0 Å². The number of fused-ring (bicyclic) bond motifs is 1. The van der Waals surface area contributed by atoms with Crippen molar-refractivity contribution >= 4 is 0 Å². The zero-order chi connectivity index (χ0) is 11.0. The lowest BCUT2D eigenvalue weighted by molar-refractivity contribution is 0.522. The summed E-state index contributed by atoms with van der Waals surface area (Å²) in [4.78, 5) is 7.92. The summed E-state index contributed by atoms with van der Waals surface area (Å²) < 4.78 is 5.58. The first kappa shape index (κ1) is 9.66. The number of aryl methyl sites for hydroxylation is 2. The van der Waals surface area contributed by atoms with Gasteiger partial charge in [0.05, 0.1) is 12.2 Å². The third-order valence-corrected chi connectivity index (χ3v) is 3.05. The number of imidazole rings is 1. The van der Waals surface area contributed by atoms with Gasteiger partial charge in [-0.25, -0.2) is 4.98 Å². The Balaban J connectivity index is 1.96. The van der Waals surface area contributed by atoms with Gasteiger partial charge < -0.3 is 15.1 Å². The molecule has 0 aliphatic heterocycles. The number of hydrogen-bond acceptors (Lipinski definition) is 3. The van der Waals surface area contributed by atoms with Gasteiger partial charge in [-0.1, -0.05) is 0 Å². The Morgan fingerprint density at radius 3 is 2.94 bits per heavy atom. The van der Waals surface area contributed by atoms with Crippen molar-refractivity contribution in [2.75, 3.05) is 0 Å². The second-order valence-corrected chi connectivity index (χ2v) is 4.19. The first-order valence-electron chi connectivity index (χ1n) is 5.74. The van der Waals surface area contributed by atoms with E-state index in [0.717, 1.165) is 30.2 Å². The van der Waals surface area contributed by atoms with E-state index in [1.807, 2.05) is 12.1 Å². The largest absolute Gasteiger partial charge is 0.456 e. The van der Waals surface area contributed by atoms with E-state index in [0.29, 0.717) is 6.54 Å². The highest BCUT2D eigenvalue weighted by Gasteiger charge is 2.16. The Hall–Kier alpha value is -1.55. The zero-order valence-electron chi connectivity index (χ0n) is 9.12. The van der Waals surface area contributed by atoms with E-state index < -0.39 is 0 Å². The van der Waals surface area contributed by atoms with Crippen LogP contribution in [0.1, 0.15) is 30.0 Å². The third kappa shape index (κ3) is 1.55. The average Bonchev–Trinajstić information content (AvgIpc) is 2.95. The van der Waals surface area contributed by atoms with Gasteiger partial charge in [-0.2, -0.15) is 0 Å². The molecule has 0 aromatic carbocycles. The molecule has 1 aliphatic carbocycles. The molecular formula is C12H15N3O. The van der Waals surface area contributed by atoms with Crippen LogP contribution in [-0.4, -0.2) is 9.97 Å². The van der Waals surface area contributed by atoms with E-state index in [2.05, 4.69) is 9.97 Å². The van der Waals surface area contributed by atoms with Crippen LogP contribution in [0.5, 0.6) is 0 Å². The number of nitrogens with one attached hydrogen (secondary N) is 1. The van der Waals surface area contributed by atoms with Crippen LogP contribution >= 0.6 is 0 Å². The van der Waals surface area contributed by atoms with Crippen LogP contribution < -0.4 is 5.73 Å². The van der Waals surface area contributed by atoms with Crippen LogP contribution in [0, 0.1) is 0 Å². The van der Waals surface area contributed by atoms with Gasteiger partial charge in [0, 0.05) is 5.69 Å². The summed E-state index contributed by atoms with van der Waals surface area (Å²) in [6.45, 7) is 0.431. The molecule has 0 atom stereocenters.